The number of aryl methyl sites for hydroxylation is 2. The molecule has 0 saturated carbocycles. The second-order valence-electron chi connectivity index (χ2n) is 6.98. The van der Waals surface area contributed by atoms with Crippen molar-refractivity contribution in [3.05, 3.63) is 52.3 Å². The maximum atomic E-state index is 13.0. The zero-order valence-corrected chi connectivity index (χ0v) is 14.2. The fourth-order valence-corrected chi connectivity index (χ4v) is 3.99. The molecule has 0 saturated heterocycles. The van der Waals surface area contributed by atoms with Crippen LogP contribution in [0.15, 0.2) is 24.4 Å². The molecule has 1 N–H and O–H groups in total. The summed E-state index contributed by atoms with van der Waals surface area (Å²) in [6.07, 6.45) is 5.16. The molecule has 0 fully saturated rings. The number of fused-ring (bicyclic) bond motifs is 2. The summed E-state index contributed by atoms with van der Waals surface area (Å²) >= 11 is 0. The molecule has 0 radical (unpaired) electrons. The highest BCUT2D eigenvalue weighted by Gasteiger charge is 2.31. The van der Waals surface area contributed by atoms with E-state index in [1.807, 2.05) is 28.9 Å². The lowest BCUT2D eigenvalue weighted by Crippen LogP contribution is -2.41. The van der Waals surface area contributed by atoms with Gasteiger partial charge in [-0.25, -0.2) is 4.79 Å². The minimum atomic E-state index is -0.907. The fourth-order valence-electron chi connectivity index (χ4n) is 3.99. The number of hydrogen-bond acceptors (Lipinski definition) is 3. The summed E-state index contributed by atoms with van der Waals surface area (Å²) in [6.45, 7) is 1.23. The Labute approximate surface area is 146 Å². The number of hydrogen-bond donors (Lipinski definition) is 1. The molecule has 1 aromatic carbocycles. The van der Waals surface area contributed by atoms with E-state index in [1.165, 1.54) is 11.3 Å². The Morgan fingerprint density at radius 1 is 1.20 bits per heavy atom. The number of rotatable bonds is 2. The Kier molecular flexibility index (Phi) is 3.82. The van der Waals surface area contributed by atoms with Gasteiger partial charge in [-0.2, -0.15) is 5.10 Å². The molecule has 2 aromatic rings. The van der Waals surface area contributed by atoms with Crippen molar-refractivity contribution in [3.63, 3.8) is 0 Å². The third-order valence-corrected chi connectivity index (χ3v) is 5.48. The van der Waals surface area contributed by atoms with Crippen LogP contribution in [-0.2, 0) is 37.6 Å². The van der Waals surface area contributed by atoms with Gasteiger partial charge < -0.3 is 10.0 Å². The van der Waals surface area contributed by atoms with Gasteiger partial charge in [0.2, 0.25) is 5.91 Å². The number of benzene rings is 1. The second-order valence-corrected chi connectivity index (χ2v) is 6.98. The Morgan fingerprint density at radius 3 is 2.84 bits per heavy atom. The van der Waals surface area contributed by atoms with Crippen molar-refractivity contribution in [3.8, 4) is 0 Å². The van der Waals surface area contributed by atoms with Gasteiger partial charge in [-0.1, -0.05) is 6.07 Å². The van der Waals surface area contributed by atoms with Gasteiger partial charge in [-0.15, -0.1) is 0 Å². The molecule has 130 valence electrons. The van der Waals surface area contributed by atoms with Gasteiger partial charge >= 0.3 is 5.97 Å². The highest BCUT2D eigenvalue weighted by molar-refractivity contribution is 5.88. The molecule has 1 aliphatic carbocycles. The minimum Gasteiger partial charge on any atom is -0.478 e. The van der Waals surface area contributed by atoms with Gasteiger partial charge in [0.25, 0.3) is 0 Å². The van der Waals surface area contributed by atoms with Gasteiger partial charge in [-0.05, 0) is 48.1 Å². The van der Waals surface area contributed by atoms with Crippen molar-refractivity contribution in [2.45, 2.75) is 32.2 Å². The van der Waals surface area contributed by atoms with Crippen molar-refractivity contribution < 1.29 is 14.7 Å². The summed E-state index contributed by atoms with van der Waals surface area (Å²) in [5.41, 5.74) is 4.85. The Hall–Kier alpha value is -2.63. The summed E-state index contributed by atoms with van der Waals surface area (Å²) in [7, 11) is 1.93. The van der Waals surface area contributed by atoms with Crippen LogP contribution in [0, 0.1) is 5.92 Å². The molecule has 1 amide bonds. The summed E-state index contributed by atoms with van der Waals surface area (Å²) < 4.78 is 1.88. The van der Waals surface area contributed by atoms with Crippen molar-refractivity contribution >= 4 is 11.9 Å². The van der Waals surface area contributed by atoms with Crippen molar-refractivity contribution in [1.82, 2.24) is 14.7 Å². The maximum absolute atomic E-state index is 13.0. The molecule has 2 aliphatic rings. The number of carboxylic acids is 1. The molecule has 6 heteroatoms. The molecule has 0 bridgehead atoms. The van der Waals surface area contributed by atoms with Crippen LogP contribution in [0.5, 0.6) is 0 Å². The van der Waals surface area contributed by atoms with E-state index in [2.05, 4.69) is 5.10 Å². The van der Waals surface area contributed by atoms with Crippen LogP contribution >= 0.6 is 0 Å². The SMILES string of the molecule is Cn1ncc2c1CC(C(=O)N1CCc3cc(C(=O)O)ccc3C1)CC2. The van der Waals surface area contributed by atoms with Crippen LogP contribution in [-0.4, -0.2) is 38.2 Å². The standard InChI is InChI=1S/C19H21N3O3/c1-21-17-9-13(2-4-15(17)10-20-21)18(23)22-7-6-12-8-14(19(24)25)3-5-16(12)11-22/h3,5,8,10,13H,2,4,6-7,9,11H2,1H3,(H,24,25). The van der Waals surface area contributed by atoms with Crippen LogP contribution in [0.2, 0.25) is 0 Å². The third-order valence-electron chi connectivity index (χ3n) is 5.48. The average Bonchev–Trinajstić information content (AvgIpc) is 3.00. The van der Waals surface area contributed by atoms with Crippen molar-refractivity contribution in [1.29, 1.82) is 0 Å². The van der Waals surface area contributed by atoms with E-state index in [0.29, 0.717) is 25.1 Å². The zero-order valence-electron chi connectivity index (χ0n) is 14.2. The van der Waals surface area contributed by atoms with E-state index in [0.717, 1.165) is 30.4 Å². The number of amides is 1. The number of carbonyl (C=O) groups is 2. The minimum absolute atomic E-state index is 0.0164. The number of carbonyl (C=O) groups excluding carboxylic acids is 1. The second kappa shape index (κ2) is 6.02. The predicted octanol–water partition coefficient (Wildman–Crippen LogP) is 1.81. The molecule has 25 heavy (non-hydrogen) atoms. The lowest BCUT2D eigenvalue weighted by Gasteiger charge is -2.33. The normalized spacial score (nSPS) is 19.2. The van der Waals surface area contributed by atoms with Crippen LogP contribution in [0.3, 0.4) is 0 Å². The van der Waals surface area contributed by atoms with Gasteiger partial charge in [0, 0.05) is 38.2 Å². The number of aromatic carboxylic acids is 1. The first kappa shape index (κ1) is 15.9. The first-order chi connectivity index (χ1) is 12.0. The topological polar surface area (TPSA) is 75.4 Å². The maximum Gasteiger partial charge on any atom is 0.335 e. The van der Waals surface area contributed by atoms with E-state index in [-0.39, 0.29) is 11.8 Å². The largest absolute Gasteiger partial charge is 0.478 e. The number of carboxylic acid groups (broad SMARTS) is 1. The zero-order chi connectivity index (χ0) is 17.6. The Bertz CT molecular complexity index is 856. The molecule has 1 aliphatic heterocycles. The van der Waals surface area contributed by atoms with E-state index in [1.54, 1.807) is 12.1 Å². The van der Waals surface area contributed by atoms with E-state index >= 15 is 0 Å². The first-order valence-corrected chi connectivity index (χ1v) is 8.66. The van der Waals surface area contributed by atoms with Crippen LogP contribution in [0.4, 0.5) is 0 Å². The Morgan fingerprint density at radius 2 is 2.04 bits per heavy atom. The molecule has 6 nitrogen and oxygen atoms in total. The molecule has 4 rings (SSSR count). The highest BCUT2D eigenvalue weighted by Crippen LogP contribution is 2.28. The van der Waals surface area contributed by atoms with Crippen LogP contribution < -0.4 is 0 Å². The summed E-state index contributed by atoms with van der Waals surface area (Å²) in [5, 5.41) is 13.4. The average molecular weight is 339 g/mol. The van der Waals surface area contributed by atoms with Gasteiger partial charge in [0.1, 0.15) is 0 Å². The van der Waals surface area contributed by atoms with Gasteiger partial charge in [0.15, 0.2) is 0 Å². The molecular formula is C19H21N3O3. The van der Waals surface area contributed by atoms with Crippen molar-refractivity contribution in [2.75, 3.05) is 6.54 Å². The van der Waals surface area contributed by atoms with E-state index in [4.69, 9.17) is 5.11 Å². The lowest BCUT2D eigenvalue weighted by atomic mass is 9.86. The molecule has 1 unspecified atom stereocenters. The highest BCUT2D eigenvalue weighted by atomic mass is 16.4. The van der Waals surface area contributed by atoms with E-state index < -0.39 is 5.97 Å². The predicted molar refractivity (Wildman–Crippen MR) is 91.2 cm³/mol. The summed E-state index contributed by atoms with van der Waals surface area (Å²) in [6, 6.07) is 5.21. The lowest BCUT2D eigenvalue weighted by molar-refractivity contribution is -0.136. The summed E-state index contributed by atoms with van der Waals surface area (Å²) in [5.74, 6) is -0.682. The monoisotopic (exact) mass is 339 g/mol. The number of aromatic nitrogens is 2. The van der Waals surface area contributed by atoms with E-state index in [9.17, 15) is 9.59 Å². The Balaban J connectivity index is 1.49. The third kappa shape index (κ3) is 2.81. The van der Waals surface area contributed by atoms with Crippen LogP contribution in [0.1, 0.15) is 39.2 Å². The molecule has 0 spiro atoms. The van der Waals surface area contributed by atoms with Gasteiger partial charge in [0.05, 0.1) is 11.8 Å². The smallest absolute Gasteiger partial charge is 0.335 e. The molecule has 1 atom stereocenters. The first-order valence-electron chi connectivity index (χ1n) is 8.66. The van der Waals surface area contributed by atoms with Crippen molar-refractivity contribution in [2.24, 2.45) is 13.0 Å². The number of nitrogens with zero attached hydrogens (tertiary/aromatic N) is 3. The molecular weight excluding hydrogens is 318 g/mol. The molecule has 1 aromatic heterocycles. The summed E-state index contributed by atoms with van der Waals surface area (Å²) in [4.78, 5) is 26.0. The quantitative estimate of drug-likeness (QED) is 0.905. The van der Waals surface area contributed by atoms with Gasteiger partial charge in [-0.3, -0.25) is 9.48 Å². The fraction of sp³-hybridized carbons (Fsp3) is 0.421. The molecule has 2 heterocycles. The van der Waals surface area contributed by atoms with Crippen LogP contribution in [0.25, 0.3) is 0 Å².